The van der Waals surface area contributed by atoms with Crippen LogP contribution in [-0.2, 0) is 31.3 Å². The van der Waals surface area contributed by atoms with E-state index in [4.69, 9.17) is 4.74 Å². The fourth-order valence-corrected chi connectivity index (χ4v) is 7.26. The van der Waals surface area contributed by atoms with E-state index in [0.717, 1.165) is 50.5 Å². The van der Waals surface area contributed by atoms with Crippen LogP contribution in [0.3, 0.4) is 0 Å². The van der Waals surface area contributed by atoms with Crippen LogP contribution >= 0.6 is 0 Å². The predicted octanol–water partition coefficient (Wildman–Crippen LogP) is 3.67. The van der Waals surface area contributed by atoms with Crippen molar-refractivity contribution in [2.45, 2.75) is 73.4 Å². The number of nitrogens with one attached hydrogen (secondary N) is 1. The lowest BCUT2D eigenvalue weighted by molar-refractivity contribution is 0.0926. The third kappa shape index (κ3) is 6.22. The zero-order valence-corrected chi connectivity index (χ0v) is 20.4. The van der Waals surface area contributed by atoms with Gasteiger partial charge in [-0.2, -0.15) is 4.31 Å². The highest BCUT2D eigenvalue weighted by Gasteiger charge is 2.30. The van der Waals surface area contributed by atoms with Gasteiger partial charge < -0.3 is 4.74 Å². The lowest BCUT2D eigenvalue weighted by Crippen LogP contribution is -2.37. The van der Waals surface area contributed by atoms with Crippen molar-refractivity contribution in [2.75, 3.05) is 13.2 Å². The van der Waals surface area contributed by atoms with E-state index in [2.05, 4.69) is 4.72 Å². The molecule has 1 saturated heterocycles. The molecule has 2 fully saturated rings. The molecule has 4 rings (SSSR count). The lowest BCUT2D eigenvalue weighted by atomic mass is 9.96. The normalized spacial score (nSPS) is 20.3. The minimum Gasteiger partial charge on any atom is -0.377 e. The van der Waals surface area contributed by atoms with Gasteiger partial charge in [-0.15, -0.1) is 0 Å². The quantitative estimate of drug-likeness (QED) is 0.577. The van der Waals surface area contributed by atoms with Gasteiger partial charge in [0.2, 0.25) is 20.0 Å². The van der Waals surface area contributed by atoms with E-state index in [1.807, 2.05) is 30.3 Å². The summed E-state index contributed by atoms with van der Waals surface area (Å²) in [6.45, 7) is 1.14. The molecular formula is C24H32N2O5S2. The Balaban J connectivity index is 1.54. The summed E-state index contributed by atoms with van der Waals surface area (Å²) >= 11 is 0. The van der Waals surface area contributed by atoms with E-state index >= 15 is 0 Å². The SMILES string of the molecule is O=S(=O)(NC1CCCCC1)c1ccc(S(=O)(=O)N(Cc2ccccc2)C[C@@H]2CCCO2)cc1. The van der Waals surface area contributed by atoms with Crippen LogP contribution in [0.15, 0.2) is 64.4 Å². The van der Waals surface area contributed by atoms with E-state index in [0.29, 0.717) is 6.61 Å². The first kappa shape index (κ1) is 24.3. The van der Waals surface area contributed by atoms with Gasteiger partial charge in [-0.3, -0.25) is 0 Å². The van der Waals surface area contributed by atoms with Gasteiger partial charge in [-0.25, -0.2) is 21.6 Å². The van der Waals surface area contributed by atoms with Gasteiger partial charge in [0.15, 0.2) is 0 Å². The molecule has 1 aliphatic carbocycles. The smallest absolute Gasteiger partial charge is 0.243 e. The van der Waals surface area contributed by atoms with E-state index < -0.39 is 20.0 Å². The molecule has 2 aromatic carbocycles. The molecule has 0 aromatic heterocycles. The molecule has 1 heterocycles. The topological polar surface area (TPSA) is 92.8 Å². The molecule has 0 amide bonds. The summed E-state index contributed by atoms with van der Waals surface area (Å²) in [6, 6.07) is 14.9. The second-order valence-electron chi connectivity index (χ2n) is 8.85. The van der Waals surface area contributed by atoms with Crippen molar-refractivity contribution < 1.29 is 21.6 Å². The Morgan fingerprint density at radius 2 is 1.48 bits per heavy atom. The summed E-state index contributed by atoms with van der Waals surface area (Å²) in [5, 5.41) is 0. The number of hydrogen-bond donors (Lipinski definition) is 1. The van der Waals surface area contributed by atoms with Crippen LogP contribution in [0.4, 0.5) is 0 Å². The Bertz CT molecular complexity index is 1110. The molecule has 1 N–H and O–H groups in total. The summed E-state index contributed by atoms with van der Waals surface area (Å²) in [6.07, 6.45) is 6.46. The second-order valence-corrected chi connectivity index (χ2v) is 12.5. The number of sulfonamides is 2. The van der Waals surface area contributed by atoms with Crippen LogP contribution in [0, 0.1) is 0 Å². The third-order valence-corrected chi connectivity index (χ3v) is 9.69. The number of rotatable bonds is 9. The fraction of sp³-hybridized carbons (Fsp3) is 0.500. The van der Waals surface area contributed by atoms with Crippen molar-refractivity contribution in [1.82, 2.24) is 9.03 Å². The minimum absolute atomic E-state index is 0.0556. The average Bonchev–Trinajstić information content (AvgIpc) is 3.33. The Kier molecular flexibility index (Phi) is 7.86. The van der Waals surface area contributed by atoms with Crippen LogP contribution in [-0.4, -0.2) is 46.4 Å². The Morgan fingerprint density at radius 3 is 2.12 bits per heavy atom. The number of benzene rings is 2. The minimum atomic E-state index is -3.84. The first-order chi connectivity index (χ1) is 15.8. The fourth-order valence-electron chi connectivity index (χ4n) is 4.50. The van der Waals surface area contributed by atoms with Crippen molar-refractivity contribution in [1.29, 1.82) is 0 Å². The molecule has 0 spiro atoms. The molecule has 2 aliphatic rings. The first-order valence-electron chi connectivity index (χ1n) is 11.6. The molecule has 0 bridgehead atoms. The van der Waals surface area contributed by atoms with E-state index in [1.165, 1.54) is 28.6 Å². The van der Waals surface area contributed by atoms with Gasteiger partial charge in [0.1, 0.15) is 0 Å². The highest BCUT2D eigenvalue weighted by molar-refractivity contribution is 7.89. The molecular weight excluding hydrogens is 460 g/mol. The maximum Gasteiger partial charge on any atom is 0.243 e. The van der Waals surface area contributed by atoms with Crippen molar-refractivity contribution in [3.63, 3.8) is 0 Å². The van der Waals surface area contributed by atoms with Gasteiger partial charge in [-0.1, -0.05) is 49.6 Å². The molecule has 1 saturated carbocycles. The molecule has 7 nitrogen and oxygen atoms in total. The zero-order chi connectivity index (χ0) is 23.3. The van der Waals surface area contributed by atoms with Crippen LogP contribution in [0.2, 0.25) is 0 Å². The van der Waals surface area contributed by atoms with Crippen molar-refractivity contribution in [2.24, 2.45) is 0 Å². The maximum absolute atomic E-state index is 13.5. The average molecular weight is 493 g/mol. The van der Waals surface area contributed by atoms with Crippen molar-refractivity contribution in [3.8, 4) is 0 Å². The lowest BCUT2D eigenvalue weighted by Gasteiger charge is -2.25. The number of hydrogen-bond acceptors (Lipinski definition) is 5. The van der Waals surface area contributed by atoms with E-state index in [9.17, 15) is 16.8 Å². The van der Waals surface area contributed by atoms with Crippen LogP contribution in [0.25, 0.3) is 0 Å². The monoisotopic (exact) mass is 492 g/mol. The molecule has 2 aromatic rings. The highest BCUT2D eigenvalue weighted by atomic mass is 32.2. The van der Waals surface area contributed by atoms with E-state index in [1.54, 1.807) is 0 Å². The van der Waals surface area contributed by atoms with Crippen molar-refractivity contribution >= 4 is 20.0 Å². The molecule has 33 heavy (non-hydrogen) atoms. The Labute approximate surface area is 197 Å². The molecule has 0 radical (unpaired) electrons. The first-order valence-corrected chi connectivity index (χ1v) is 14.5. The summed E-state index contributed by atoms with van der Waals surface area (Å²) in [7, 11) is -7.53. The van der Waals surface area contributed by atoms with Gasteiger partial charge >= 0.3 is 0 Å². The maximum atomic E-state index is 13.5. The Hall–Kier alpha value is -1.78. The van der Waals surface area contributed by atoms with Gasteiger partial charge in [0, 0.05) is 25.7 Å². The predicted molar refractivity (Wildman–Crippen MR) is 127 cm³/mol. The third-order valence-electron chi connectivity index (χ3n) is 6.33. The van der Waals surface area contributed by atoms with Gasteiger partial charge in [0.05, 0.1) is 15.9 Å². The zero-order valence-electron chi connectivity index (χ0n) is 18.7. The second kappa shape index (κ2) is 10.7. The van der Waals surface area contributed by atoms with E-state index in [-0.39, 0.29) is 35.0 Å². The standard InChI is InChI=1S/C24H32N2O5S2/c27-32(28,25-21-10-5-2-6-11-21)23-13-15-24(16-14-23)33(29,30)26(19-22-12-7-17-31-22)18-20-8-3-1-4-9-20/h1,3-4,8-9,13-16,21-22,25H,2,5-7,10-12,17-19H2/t22-/m0/s1. The molecule has 180 valence electrons. The van der Waals surface area contributed by atoms with Gasteiger partial charge in [0.25, 0.3) is 0 Å². The molecule has 1 atom stereocenters. The largest absolute Gasteiger partial charge is 0.377 e. The summed E-state index contributed by atoms with van der Waals surface area (Å²) in [5.74, 6) is 0. The summed E-state index contributed by atoms with van der Waals surface area (Å²) in [5.41, 5.74) is 0.884. The van der Waals surface area contributed by atoms with Crippen LogP contribution in [0.5, 0.6) is 0 Å². The highest BCUT2D eigenvalue weighted by Crippen LogP contribution is 2.24. The summed E-state index contributed by atoms with van der Waals surface area (Å²) < 4.78 is 62.5. The number of nitrogens with zero attached hydrogens (tertiary/aromatic N) is 1. The van der Waals surface area contributed by atoms with Crippen LogP contribution < -0.4 is 4.72 Å². The van der Waals surface area contributed by atoms with Gasteiger partial charge in [-0.05, 0) is 55.5 Å². The molecule has 0 unspecified atom stereocenters. The molecule has 9 heteroatoms. The molecule has 1 aliphatic heterocycles. The van der Waals surface area contributed by atoms with Crippen molar-refractivity contribution in [3.05, 3.63) is 60.2 Å². The summed E-state index contributed by atoms with van der Waals surface area (Å²) in [4.78, 5) is 0.161. The van der Waals surface area contributed by atoms with Crippen LogP contribution in [0.1, 0.15) is 50.5 Å². The number of ether oxygens (including phenoxy) is 1. The Morgan fingerprint density at radius 1 is 0.818 bits per heavy atom.